The topological polar surface area (TPSA) is 17.1 Å². The number of alkyl halides is 1. The maximum Gasteiger partial charge on any atom is 0.153 e. The van der Waals surface area contributed by atoms with Crippen molar-refractivity contribution in [1.82, 2.24) is 0 Å². The number of hydrogen-bond acceptors (Lipinski definition) is 1. The van der Waals surface area contributed by atoms with E-state index in [0.29, 0.717) is 0 Å². The zero-order chi connectivity index (χ0) is 9.03. The summed E-state index contributed by atoms with van der Waals surface area (Å²) in [5, 5.41) is 0. The van der Waals surface area contributed by atoms with Crippen molar-refractivity contribution in [3.8, 4) is 0 Å². The lowest BCUT2D eigenvalue weighted by molar-refractivity contribution is -0.126. The second-order valence-corrected chi connectivity index (χ2v) is 4.30. The highest BCUT2D eigenvalue weighted by Crippen LogP contribution is 2.35. The minimum Gasteiger partial charge on any atom is -0.298 e. The number of carbonyl (C=O) groups is 1. The fraction of sp³-hybridized carbons (Fsp3) is 0.900. The average Bonchev–Trinajstić information content (AvgIpc) is 2.29. The zero-order valence-corrected chi connectivity index (χ0v) is 8.49. The highest BCUT2D eigenvalue weighted by atomic mass is 35.5. The van der Waals surface area contributed by atoms with Crippen molar-refractivity contribution in [1.29, 1.82) is 0 Å². The van der Waals surface area contributed by atoms with Crippen LogP contribution in [0.2, 0.25) is 0 Å². The van der Waals surface area contributed by atoms with Gasteiger partial charge in [-0.1, -0.05) is 32.6 Å². The molecule has 0 aliphatic heterocycles. The Bertz CT molecular complexity index is 157. The molecular weight excluding hydrogens is 172 g/mol. The molecule has 0 atom stereocenters. The van der Waals surface area contributed by atoms with Crippen LogP contribution in [-0.2, 0) is 4.79 Å². The number of ketones is 1. The minimum atomic E-state index is -0.0990. The van der Waals surface area contributed by atoms with E-state index in [-0.39, 0.29) is 17.1 Å². The molecule has 0 aromatic heterocycles. The Hall–Kier alpha value is -0.0400. The Labute approximate surface area is 79.5 Å². The van der Waals surface area contributed by atoms with Gasteiger partial charge in [0.05, 0.1) is 5.88 Å². The average molecular weight is 189 g/mol. The molecule has 12 heavy (non-hydrogen) atoms. The molecule has 0 amide bonds. The maximum absolute atomic E-state index is 11.5. The van der Waals surface area contributed by atoms with Crippen molar-refractivity contribution in [2.45, 2.75) is 45.4 Å². The quantitative estimate of drug-likeness (QED) is 0.481. The molecule has 2 heteroatoms. The summed E-state index contributed by atoms with van der Waals surface area (Å²) in [5.74, 6) is 0.433. The van der Waals surface area contributed by atoms with Gasteiger partial charge in [0, 0.05) is 5.41 Å². The smallest absolute Gasteiger partial charge is 0.153 e. The van der Waals surface area contributed by atoms with Crippen LogP contribution in [0, 0.1) is 5.41 Å². The van der Waals surface area contributed by atoms with Crippen molar-refractivity contribution in [2.24, 2.45) is 5.41 Å². The van der Waals surface area contributed by atoms with Gasteiger partial charge in [0.25, 0.3) is 0 Å². The Morgan fingerprint density at radius 2 is 1.75 bits per heavy atom. The van der Waals surface area contributed by atoms with Gasteiger partial charge in [-0.05, 0) is 12.8 Å². The van der Waals surface area contributed by atoms with E-state index in [0.717, 1.165) is 12.8 Å². The molecule has 0 spiro atoms. The van der Waals surface area contributed by atoms with Crippen LogP contribution in [0.5, 0.6) is 0 Å². The monoisotopic (exact) mass is 188 g/mol. The third kappa shape index (κ3) is 2.22. The van der Waals surface area contributed by atoms with Crippen LogP contribution in [-0.4, -0.2) is 11.7 Å². The van der Waals surface area contributed by atoms with Crippen molar-refractivity contribution < 1.29 is 4.79 Å². The molecule has 1 fully saturated rings. The molecule has 70 valence electrons. The molecule has 0 bridgehead atoms. The van der Waals surface area contributed by atoms with Crippen LogP contribution in [0.3, 0.4) is 0 Å². The van der Waals surface area contributed by atoms with E-state index in [1.807, 2.05) is 0 Å². The summed E-state index contributed by atoms with van der Waals surface area (Å²) in [6, 6.07) is 0. The summed E-state index contributed by atoms with van der Waals surface area (Å²) < 4.78 is 0. The number of carbonyl (C=O) groups excluding carboxylic acids is 1. The van der Waals surface area contributed by atoms with Crippen molar-refractivity contribution in [3.05, 3.63) is 0 Å². The highest BCUT2D eigenvalue weighted by molar-refractivity contribution is 6.28. The first kappa shape index (κ1) is 10.0. The van der Waals surface area contributed by atoms with Crippen molar-refractivity contribution in [3.63, 3.8) is 0 Å². The van der Waals surface area contributed by atoms with E-state index in [4.69, 9.17) is 11.6 Å². The minimum absolute atomic E-state index is 0.0990. The first-order valence-corrected chi connectivity index (χ1v) is 5.32. The first-order valence-electron chi connectivity index (χ1n) is 4.78. The second kappa shape index (κ2) is 4.27. The third-order valence-corrected chi connectivity index (χ3v) is 3.24. The van der Waals surface area contributed by atoms with E-state index in [1.165, 1.54) is 25.7 Å². The Kier molecular flexibility index (Phi) is 3.57. The maximum atomic E-state index is 11.5. The van der Waals surface area contributed by atoms with E-state index in [2.05, 4.69) is 6.92 Å². The molecular formula is C10H17ClO. The van der Waals surface area contributed by atoms with Crippen LogP contribution >= 0.6 is 11.6 Å². The SMILES string of the molecule is CC1(C(=O)CCl)CCCCCC1. The van der Waals surface area contributed by atoms with E-state index >= 15 is 0 Å². The molecule has 0 saturated heterocycles. The highest BCUT2D eigenvalue weighted by Gasteiger charge is 2.32. The van der Waals surface area contributed by atoms with Gasteiger partial charge in [-0.25, -0.2) is 0 Å². The molecule has 0 aromatic rings. The van der Waals surface area contributed by atoms with Crippen LogP contribution in [0.4, 0.5) is 0 Å². The van der Waals surface area contributed by atoms with Crippen LogP contribution in [0.1, 0.15) is 45.4 Å². The zero-order valence-electron chi connectivity index (χ0n) is 7.74. The summed E-state index contributed by atoms with van der Waals surface area (Å²) in [5.41, 5.74) is -0.0990. The van der Waals surface area contributed by atoms with Gasteiger partial charge in [0.1, 0.15) is 0 Å². The Balaban J connectivity index is 2.59. The van der Waals surface area contributed by atoms with Gasteiger partial charge in [-0.3, -0.25) is 4.79 Å². The third-order valence-electron chi connectivity index (χ3n) is 3.00. The normalized spacial score (nSPS) is 23.2. The molecule has 1 rings (SSSR count). The molecule has 1 aliphatic carbocycles. The molecule has 0 heterocycles. The van der Waals surface area contributed by atoms with Gasteiger partial charge >= 0.3 is 0 Å². The number of rotatable bonds is 2. The lowest BCUT2D eigenvalue weighted by atomic mass is 9.79. The molecule has 1 saturated carbocycles. The number of halogens is 1. The molecule has 1 nitrogen and oxygen atoms in total. The molecule has 0 radical (unpaired) electrons. The lowest BCUT2D eigenvalue weighted by Crippen LogP contribution is -2.28. The van der Waals surface area contributed by atoms with Gasteiger partial charge in [0.2, 0.25) is 0 Å². The fourth-order valence-electron chi connectivity index (χ4n) is 1.95. The summed E-state index contributed by atoms with van der Waals surface area (Å²) in [4.78, 5) is 11.5. The standard InChI is InChI=1S/C10H17ClO/c1-10(9(12)8-11)6-4-2-3-5-7-10/h2-8H2,1H3. The van der Waals surface area contributed by atoms with Crippen molar-refractivity contribution in [2.75, 3.05) is 5.88 Å². The molecule has 0 N–H and O–H groups in total. The molecule has 0 aromatic carbocycles. The van der Waals surface area contributed by atoms with Gasteiger partial charge < -0.3 is 0 Å². The Morgan fingerprint density at radius 3 is 2.17 bits per heavy atom. The fourth-order valence-corrected chi connectivity index (χ4v) is 2.27. The van der Waals surface area contributed by atoms with Crippen LogP contribution < -0.4 is 0 Å². The van der Waals surface area contributed by atoms with Crippen LogP contribution in [0.15, 0.2) is 0 Å². The van der Waals surface area contributed by atoms with E-state index < -0.39 is 0 Å². The number of hydrogen-bond donors (Lipinski definition) is 0. The Morgan fingerprint density at radius 1 is 1.25 bits per heavy atom. The summed E-state index contributed by atoms with van der Waals surface area (Å²) in [7, 11) is 0. The molecule has 1 aliphatic rings. The predicted molar refractivity (Wildman–Crippen MR) is 51.5 cm³/mol. The molecule has 0 unspecified atom stereocenters. The van der Waals surface area contributed by atoms with Gasteiger partial charge in [0.15, 0.2) is 5.78 Å². The van der Waals surface area contributed by atoms with E-state index in [9.17, 15) is 4.79 Å². The van der Waals surface area contributed by atoms with E-state index in [1.54, 1.807) is 0 Å². The van der Waals surface area contributed by atoms with Gasteiger partial charge in [-0.15, -0.1) is 11.6 Å². The second-order valence-electron chi connectivity index (χ2n) is 4.03. The first-order chi connectivity index (χ1) is 5.69. The summed E-state index contributed by atoms with van der Waals surface area (Å²) >= 11 is 5.58. The number of Topliss-reactive ketones (excluding diaryl/α,β-unsaturated/α-hetero) is 1. The lowest BCUT2D eigenvalue weighted by Gasteiger charge is -2.25. The predicted octanol–water partition coefficient (Wildman–Crippen LogP) is 3.15. The largest absolute Gasteiger partial charge is 0.298 e. The van der Waals surface area contributed by atoms with Crippen molar-refractivity contribution >= 4 is 17.4 Å². The van der Waals surface area contributed by atoms with Gasteiger partial charge in [-0.2, -0.15) is 0 Å². The summed E-state index contributed by atoms with van der Waals surface area (Å²) in [6.07, 6.45) is 7.03. The summed E-state index contributed by atoms with van der Waals surface area (Å²) in [6.45, 7) is 2.07. The van der Waals surface area contributed by atoms with Crippen LogP contribution in [0.25, 0.3) is 0 Å².